The van der Waals surface area contributed by atoms with Crippen molar-refractivity contribution in [1.29, 1.82) is 0 Å². The van der Waals surface area contributed by atoms with Gasteiger partial charge in [-0.3, -0.25) is 4.57 Å². The van der Waals surface area contributed by atoms with Crippen LogP contribution in [0.15, 0.2) is 54.7 Å². The molecular weight excluding hydrogens is 309 g/mol. The third kappa shape index (κ3) is 2.89. The summed E-state index contributed by atoms with van der Waals surface area (Å²) in [5.74, 6) is 0. The minimum atomic E-state index is -0.442. The summed E-state index contributed by atoms with van der Waals surface area (Å²) in [5.41, 5.74) is 1.52. The smallest absolute Gasteiger partial charge is 0.418 e. The van der Waals surface area contributed by atoms with Crippen LogP contribution < -0.4 is 0 Å². The molecule has 0 radical (unpaired) electrons. The molecule has 0 N–H and O–H groups in total. The third-order valence-electron chi connectivity index (χ3n) is 3.16. The summed E-state index contributed by atoms with van der Waals surface area (Å²) >= 11 is 11.9. The van der Waals surface area contributed by atoms with E-state index in [-0.39, 0.29) is 6.61 Å². The number of aromatic nitrogens is 1. The molecule has 0 amide bonds. The van der Waals surface area contributed by atoms with Gasteiger partial charge in [0.2, 0.25) is 0 Å². The number of rotatable bonds is 2. The average Bonchev–Trinajstić information content (AvgIpc) is 2.90. The fourth-order valence-electron chi connectivity index (χ4n) is 2.09. The third-order valence-corrected chi connectivity index (χ3v) is 3.75. The molecule has 0 fully saturated rings. The minimum Gasteiger partial charge on any atom is -0.444 e. The molecule has 3 nitrogen and oxygen atoms in total. The number of carbonyl (C=O) groups is 1. The van der Waals surface area contributed by atoms with Crippen LogP contribution in [0.4, 0.5) is 4.79 Å². The van der Waals surface area contributed by atoms with E-state index in [4.69, 9.17) is 27.9 Å². The Kier molecular flexibility index (Phi) is 3.86. The lowest BCUT2D eigenvalue weighted by Gasteiger charge is -2.08. The van der Waals surface area contributed by atoms with Crippen LogP contribution in [-0.4, -0.2) is 10.7 Å². The number of para-hydroxylation sites is 1. The van der Waals surface area contributed by atoms with Gasteiger partial charge >= 0.3 is 6.09 Å². The molecule has 0 atom stereocenters. The second kappa shape index (κ2) is 5.80. The van der Waals surface area contributed by atoms with Crippen LogP contribution in [0.1, 0.15) is 5.56 Å². The summed E-state index contributed by atoms with van der Waals surface area (Å²) in [6, 6.07) is 14.5. The molecule has 1 aromatic heterocycles. The van der Waals surface area contributed by atoms with Crippen LogP contribution in [0.25, 0.3) is 10.9 Å². The van der Waals surface area contributed by atoms with Gasteiger partial charge in [0.05, 0.1) is 5.52 Å². The Morgan fingerprint density at radius 2 is 1.90 bits per heavy atom. The van der Waals surface area contributed by atoms with Crippen molar-refractivity contribution in [3.8, 4) is 0 Å². The van der Waals surface area contributed by atoms with Crippen molar-refractivity contribution in [2.24, 2.45) is 0 Å². The van der Waals surface area contributed by atoms with Gasteiger partial charge in [-0.1, -0.05) is 47.5 Å². The van der Waals surface area contributed by atoms with Crippen molar-refractivity contribution in [1.82, 2.24) is 4.57 Å². The van der Waals surface area contributed by atoms with Crippen LogP contribution in [-0.2, 0) is 11.3 Å². The maximum absolute atomic E-state index is 12.1. The second-order valence-corrected chi connectivity index (χ2v) is 5.38. The van der Waals surface area contributed by atoms with Crippen LogP contribution in [0.2, 0.25) is 10.0 Å². The van der Waals surface area contributed by atoms with Crippen molar-refractivity contribution < 1.29 is 9.53 Å². The van der Waals surface area contributed by atoms with E-state index in [1.807, 2.05) is 30.3 Å². The standard InChI is InChI=1S/C16H11Cl2NO2/c17-13-6-5-12(14(18)9-13)10-21-16(20)19-8-7-11-3-1-2-4-15(11)19/h1-9H,10H2. The van der Waals surface area contributed by atoms with Gasteiger partial charge in [0.1, 0.15) is 6.61 Å². The van der Waals surface area contributed by atoms with Crippen LogP contribution in [0.5, 0.6) is 0 Å². The number of nitrogens with zero attached hydrogens (tertiary/aromatic N) is 1. The van der Waals surface area contributed by atoms with Gasteiger partial charge in [-0.15, -0.1) is 0 Å². The van der Waals surface area contributed by atoms with Gasteiger partial charge < -0.3 is 4.74 Å². The summed E-state index contributed by atoms with van der Waals surface area (Å²) in [6.07, 6.45) is 1.25. The topological polar surface area (TPSA) is 31.2 Å². The average molecular weight is 320 g/mol. The number of halogens is 2. The highest BCUT2D eigenvalue weighted by atomic mass is 35.5. The first-order valence-corrected chi connectivity index (χ1v) is 7.08. The predicted molar refractivity (Wildman–Crippen MR) is 84.0 cm³/mol. The first kappa shape index (κ1) is 14.0. The van der Waals surface area contributed by atoms with Gasteiger partial charge in [-0.2, -0.15) is 0 Å². The summed E-state index contributed by atoms with van der Waals surface area (Å²) in [7, 11) is 0. The Hall–Kier alpha value is -1.97. The normalized spacial score (nSPS) is 10.8. The number of hydrogen-bond acceptors (Lipinski definition) is 2. The Labute approximate surface area is 131 Å². The molecule has 3 rings (SSSR count). The SMILES string of the molecule is O=C(OCc1ccc(Cl)cc1Cl)n1ccc2ccccc21. The lowest BCUT2D eigenvalue weighted by atomic mass is 10.2. The van der Waals surface area contributed by atoms with Crippen molar-refractivity contribution >= 4 is 40.2 Å². The number of fused-ring (bicyclic) bond motifs is 1. The largest absolute Gasteiger partial charge is 0.444 e. The molecule has 1 heterocycles. The van der Waals surface area contributed by atoms with E-state index in [9.17, 15) is 4.79 Å². The maximum Gasteiger partial charge on any atom is 0.418 e. The maximum atomic E-state index is 12.1. The first-order valence-electron chi connectivity index (χ1n) is 6.32. The molecule has 0 saturated carbocycles. The molecule has 0 aliphatic carbocycles. The molecule has 0 aliphatic heterocycles. The summed E-state index contributed by atoms with van der Waals surface area (Å²) in [4.78, 5) is 12.1. The lowest BCUT2D eigenvalue weighted by Crippen LogP contribution is -2.12. The van der Waals surface area contributed by atoms with Gasteiger partial charge in [0.15, 0.2) is 0 Å². The fraction of sp³-hybridized carbons (Fsp3) is 0.0625. The van der Waals surface area contributed by atoms with Crippen molar-refractivity contribution in [3.05, 3.63) is 70.3 Å². The molecule has 21 heavy (non-hydrogen) atoms. The zero-order valence-corrected chi connectivity index (χ0v) is 12.4. The number of carbonyl (C=O) groups excluding carboxylic acids is 1. The number of benzene rings is 2. The van der Waals surface area contributed by atoms with E-state index < -0.39 is 6.09 Å². The monoisotopic (exact) mass is 319 g/mol. The van der Waals surface area contributed by atoms with Gasteiger partial charge in [-0.25, -0.2) is 4.79 Å². The zero-order valence-electron chi connectivity index (χ0n) is 10.9. The lowest BCUT2D eigenvalue weighted by molar-refractivity contribution is 0.142. The predicted octanol–water partition coefficient (Wildman–Crippen LogP) is 5.13. The molecule has 0 spiro atoms. The van der Waals surface area contributed by atoms with Crippen LogP contribution in [0, 0.1) is 0 Å². The van der Waals surface area contributed by atoms with E-state index in [1.165, 1.54) is 4.57 Å². The zero-order chi connectivity index (χ0) is 14.8. The molecule has 2 aromatic carbocycles. The molecular formula is C16H11Cl2NO2. The second-order valence-electron chi connectivity index (χ2n) is 4.53. The summed E-state index contributed by atoms with van der Waals surface area (Å²) < 4.78 is 6.77. The fourth-order valence-corrected chi connectivity index (χ4v) is 2.55. The highest BCUT2D eigenvalue weighted by molar-refractivity contribution is 6.35. The molecule has 5 heteroatoms. The molecule has 0 unspecified atom stereocenters. The van der Waals surface area contributed by atoms with Gasteiger partial charge in [0, 0.05) is 27.2 Å². The van der Waals surface area contributed by atoms with Crippen molar-refractivity contribution in [2.45, 2.75) is 6.61 Å². The van der Waals surface area contributed by atoms with Gasteiger partial charge in [0.25, 0.3) is 0 Å². The van der Waals surface area contributed by atoms with Crippen LogP contribution >= 0.6 is 23.2 Å². The van der Waals surface area contributed by atoms with Gasteiger partial charge in [-0.05, 0) is 24.3 Å². The first-order chi connectivity index (χ1) is 10.1. The Morgan fingerprint density at radius 1 is 1.10 bits per heavy atom. The number of ether oxygens (including phenoxy) is 1. The number of hydrogen-bond donors (Lipinski definition) is 0. The Balaban J connectivity index is 1.77. The quantitative estimate of drug-likeness (QED) is 0.655. The van der Waals surface area contributed by atoms with E-state index in [0.717, 1.165) is 10.9 Å². The highest BCUT2D eigenvalue weighted by Gasteiger charge is 2.11. The molecule has 0 bridgehead atoms. The molecule has 3 aromatic rings. The van der Waals surface area contributed by atoms with E-state index in [2.05, 4.69) is 0 Å². The van der Waals surface area contributed by atoms with E-state index >= 15 is 0 Å². The summed E-state index contributed by atoms with van der Waals surface area (Å²) in [5, 5.41) is 2.01. The minimum absolute atomic E-state index is 0.0986. The van der Waals surface area contributed by atoms with E-state index in [1.54, 1.807) is 24.4 Å². The molecule has 106 valence electrons. The Bertz CT molecular complexity index is 811. The highest BCUT2D eigenvalue weighted by Crippen LogP contribution is 2.22. The van der Waals surface area contributed by atoms with E-state index in [0.29, 0.717) is 15.6 Å². The van der Waals surface area contributed by atoms with Crippen molar-refractivity contribution in [3.63, 3.8) is 0 Å². The molecule has 0 aliphatic rings. The molecule has 0 saturated heterocycles. The summed E-state index contributed by atoms with van der Waals surface area (Å²) in [6.45, 7) is 0.0986. The Morgan fingerprint density at radius 3 is 2.71 bits per heavy atom. The van der Waals surface area contributed by atoms with Crippen molar-refractivity contribution in [2.75, 3.05) is 0 Å². The van der Waals surface area contributed by atoms with Crippen LogP contribution in [0.3, 0.4) is 0 Å².